The van der Waals surface area contributed by atoms with E-state index in [2.05, 4.69) is 0 Å². The summed E-state index contributed by atoms with van der Waals surface area (Å²) in [5, 5.41) is 0. The van der Waals surface area contributed by atoms with E-state index in [0.717, 1.165) is 16.9 Å². The lowest BCUT2D eigenvalue weighted by molar-refractivity contribution is 0.608. The van der Waals surface area contributed by atoms with E-state index >= 15 is 0 Å². The number of benzene rings is 2. The van der Waals surface area contributed by atoms with Crippen LogP contribution in [0.1, 0.15) is 11.1 Å². The molecule has 0 aliphatic heterocycles. The normalized spacial score (nSPS) is 10.4. The zero-order valence-electron chi connectivity index (χ0n) is 10.7. The maximum Gasteiger partial charge on any atom is 0.128 e. The summed E-state index contributed by atoms with van der Waals surface area (Å²) in [6.45, 7) is 2.51. The first kappa shape index (κ1) is 12.4. The maximum absolute atomic E-state index is 13.6. The molecule has 0 atom stereocenters. The minimum absolute atomic E-state index is 0.170. The van der Waals surface area contributed by atoms with Crippen LogP contribution in [-0.4, -0.2) is 7.05 Å². The topological polar surface area (TPSA) is 29.3 Å². The molecule has 0 radical (unpaired) electrons. The van der Waals surface area contributed by atoms with Gasteiger partial charge in [0.25, 0.3) is 0 Å². The Hall–Kier alpha value is -2.03. The smallest absolute Gasteiger partial charge is 0.128 e. The molecule has 0 aliphatic rings. The van der Waals surface area contributed by atoms with Crippen molar-refractivity contribution in [1.29, 1.82) is 0 Å². The van der Waals surface area contributed by atoms with E-state index in [-0.39, 0.29) is 5.82 Å². The van der Waals surface area contributed by atoms with Gasteiger partial charge < -0.3 is 10.6 Å². The number of nitrogens with two attached hydrogens (primary N) is 1. The molecule has 0 heterocycles. The zero-order chi connectivity index (χ0) is 13.1. The lowest BCUT2D eigenvalue weighted by atomic mass is 10.1. The van der Waals surface area contributed by atoms with E-state index in [0.29, 0.717) is 12.1 Å². The van der Waals surface area contributed by atoms with Crippen LogP contribution < -0.4 is 10.6 Å². The highest BCUT2D eigenvalue weighted by Gasteiger charge is 2.06. The molecule has 94 valence electrons. The van der Waals surface area contributed by atoms with Gasteiger partial charge in [0.1, 0.15) is 5.82 Å². The minimum Gasteiger partial charge on any atom is -0.399 e. The van der Waals surface area contributed by atoms with Crippen molar-refractivity contribution >= 4 is 11.4 Å². The Balaban J connectivity index is 2.19. The van der Waals surface area contributed by atoms with Crippen molar-refractivity contribution in [3.63, 3.8) is 0 Å². The monoisotopic (exact) mass is 244 g/mol. The van der Waals surface area contributed by atoms with E-state index in [9.17, 15) is 4.39 Å². The van der Waals surface area contributed by atoms with Crippen molar-refractivity contribution < 1.29 is 4.39 Å². The molecule has 0 saturated heterocycles. The number of hydrogen-bond acceptors (Lipinski definition) is 2. The van der Waals surface area contributed by atoms with Gasteiger partial charge in [-0.1, -0.05) is 18.2 Å². The van der Waals surface area contributed by atoms with Gasteiger partial charge in [-0.25, -0.2) is 4.39 Å². The summed E-state index contributed by atoms with van der Waals surface area (Å²) in [7, 11) is 1.94. The third-order valence-electron chi connectivity index (χ3n) is 3.06. The average molecular weight is 244 g/mol. The molecule has 2 rings (SSSR count). The van der Waals surface area contributed by atoms with E-state index in [1.165, 1.54) is 6.07 Å². The van der Waals surface area contributed by atoms with Crippen LogP contribution in [0.5, 0.6) is 0 Å². The highest BCUT2D eigenvalue weighted by molar-refractivity contribution is 5.57. The van der Waals surface area contributed by atoms with Gasteiger partial charge in [-0.15, -0.1) is 0 Å². The van der Waals surface area contributed by atoms with Crippen molar-refractivity contribution in [2.75, 3.05) is 17.7 Å². The Labute approximate surface area is 107 Å². The van der Waals surface area contributed by atoms with Crippen LogP contribution in [0.25, 0.3) is 0 Å². The fourth-order valence-electron chi connectivity index (χ4n) is 1.87. The molecule has 0 aromatic heterocycles. The fourth-order valence-corrected chi connectivity index (χ4v) is 1.87. The van der Waals surface area contributed by atoms with Gasteiger partial charge in [-0.05, 0) is 36.8 Å². The Morgan fingerprint density at radius 2 is 1.89 bits per heavy atom. The lowest BCUT2D eigenvalue weighted by Gasteiger charge is -2.20. The molecule has 0 bridgehead atoms. The summed E-state index contributed by atoms with van der Waals surface area (Å²) in [5.41, 5.74) is 9.32. The molecule has 0 amide bonds. The molecule has 2 aromatic carbocycles. The van der Waals surface area contributed by atoms with Gasteiger partial charge in [0.2, 0.25) is 0 Å². The fraction of sp³-hybridized carbons (Fsp3) is 0.200. The van der Waals surface area contributed by atoms with Crippen LogP contribution in [0.3, 0.4) is 0 Å². The zero-order valence-corrected chi connectivity index (χ0v) is 10.7. The molecular formula is C15H17FN2. The minimum atomic E-state index is -0.170. The highest BCUT2D eigenvalue weighted by Crippen LogP contribution is 2.21. The van der Waals surface area contributed by atoms with E-state index in [4.69, 9.17) is 5.73 Å². The van der Waals surface area contributed by atoms with Crippen LogP contribution in [-0.2, 0) is 6.54 Å². The number of nitrogens with zero attached hydrogens (tertiary/aromatic N) is 1. The molecule has 0 saturated carbocycles. The Morgan fingerprint density at radius 1 is 1.17 bits per heavy atom. The molecule has 0 fully saturated rings. The van der Waals surface area contributed by atoms with Crippen molar-refractivity contribution in [2.45, 2.75) is 13.5 Å². The highest BCUT2D eigenvalue weighted by atomic mass is 19.1. The Bertz CT molecular complexity index is 552. The molecular weight excluding hydrogens is 227 g/mol. The van der Waals surface area contributed by atoms with Crippen LogP contribution in [0.4, 0.5) is 15.8 Å². The molecule has 3 heteroatoms. The van der Waals surface area contributed by atoms with Crippen molar-refractivity contribution in [3.05, 3.63) is 59.4 Å². The maximum atomic E-state index is 13.6. The van der Waals surface area contributed by atoms with E-state index in [1.807, 2.05) is 43.1 Å². The predicted octanol–water partition coefficient (Wildman–Crippen LogP) is 3.35. The molecule has 18 heavy (non-hydrogen) atoms. The molecule has 2 nitrogen and oxygen atoms in total. The Morgan fingerprint density at radius 3 is 2.56 bits per heavy atom. The summed E-state index contributed by atoms with van der Waals surface area (Å²) < 4.78 is 13.6. The van der Waals surface area contributed by atoms with Crippen LogP contribution in [0, 0.1) is 12.7 Å². The van der Waals surface area contributed by atoms with Gasteiger partial charge in [0, 0.05) is 30.5 Å². The molecule has 0 unspecified atom stereocenters. The van der Waals surface area contributed by atoms with E-state index in [1.54, 1.807) is 12.1 Å². The predicted molar refractivity (Wildman–Crippen MR) is 74.1 cm³/mol. The molecule has 0 aliphatic carbocycles. The van der Waals surface area contributed by atoms with E-state index < -0.39 is 0 Å². The lowest BCUT2D eigenvalue weighted by Crippen LogP contribution is -2.17. The Kier molecular flexibility index (Phi) is 3.51. The van der Waals surface area contributed by atoms with Crippen molar-refractivity contribution in [1.82, 2.24) is 0 Å². The SMILES string of the molecule is Cc1cc(N(C)Cc2ccccc2F)ccc1N. The molecule has 2 N–H and O–H groups in total. The number of anilines is 2. The summed E-state index contributed by atoms with van der Waals surface area (Å²) in [6, 6.07) is 12.7. The quantitative estimate of drug-likeness (QED) is 0.839. The van der Waals surface area contributed by atoms with Crippen LogP contribution in [0.15, 0.2) is 42.5 Å². The average Bonchev–Trinajstić information content (AvgIpc) is 2.35. The standard InChI is InChI=1S/C15H17FN2/c1-11-9-13(7-8-15(11)17)18(2)10-12-5-3-4-6-14(12)16/h3-9H,10,17H2,1-2H3. The largest absolute Gasteiger partial charge is 0.399 e. The van der Waals surface area contributed by atoms with Gasteiger partial charge in [-0.3, -0.25) is 0 Å². The van der Waals surface area contributed by atoms with Crippen LogP contribution in [0.2, 0.25) is 0 Å². The van der Waals surface area contributed by atoms with Gasteiger partial charge in [0.15, 0.2) is 0 Å². The second-order valence-corrected chi connectivity index (χ2v) is 4.49. The van der Waals surface area contributed by atoms with Crippen molar-refractivity contribution in [3.8, 4) is 0 Å². The molecule has 0 spiro atoms. The summed E-state index contributed by atoms with van der Waals surface area (Å²) >= 11 is 0. The van der Waals surface area contributed by atoms with Crippen molar-refractivity contribution in [2.24, 2.45) is 0 Å². The van der Waals surface area contributed by atoms with Crippen LogP contribution >= 0.6 is 0 Å². The summed E-state index contributed by atoms with van der Waals surface area (Å²) in [4.78, 5) is 2.00. The van der Waals surface area contributed by atoms with Gasteiger partial charge in [0.05, 0.1) is 0 Å². The summed E-state index contributed by atoms with van der Waals surface area (Å²) in [5.74, 6) is -0.170. The first-order valence-corrected chi connectivity index (χ1v) is 5.88. The van der Waals surface area contributed by atoms with Gasteiger partial charge >= 0.3 is 0 Å². The number of hydrogen-bond donors (Lipinski definition) is 1. The number of nitrogen functional groups attached to an aromatic ring is 1. The van der Waals surface area contributed by atoms with Gasteiger partial charge in [-0.2, -0.15) is 0 Å². The number of rotatable bonds is 3. The third kappa shape index (κ3) is 2.62. The molecule has 2 aromatic rings. The first-order valence-electron chi connectivity index (χ1n) is 5.88. The summed E-state index contributed by atoms with van der Waals surface area (Å²) in [6.07, 6.45) is 0. The second kappa shape index (κ2) is 5.08. The number of halogens is 1. The number of aryl methyl sites for hydroxylation is 1. The second-order valence-electron chi connectivity index (χ2n) is 4.49. The third-order valence-corrected chi connectivity index (χ3v) is 3.06. The first-order chi connectivity index (χ1) is 8.58.